The van der Waals surface area contributed by atoms with Crippen molar-refractivity contribution >= 4 is 104 Å². The zero-order chi connectivity index (χ0) is 52.3. The van der Waals surface area contributed by atoms with E-state index in [4.69, 9.17) is 9.97 Å². The lowest BCUT2D eigenvalue weighted by molar-refractivity contribution is 1.09. The molecule has 76 heavy (non-hydrogen) atoms. The van der Waals surface area contributed by atoms with Crippen molar-refractivity contribution < 1.29 is 0 Å². The first-order valence-electron chi connectivity index (χ1n) is 26.6. The van der Waals surface area contributed by atoms with Crippen LogP contribution in [0.4, 0.5) is 0 Å². The summed E-state index contributed by atoms with van der Waals surface area (Å²) in [5.41, 5.74) is 36.2. The molecule has 10 aromatic rings. The minimum absolute atomic E-state index is 0.0191. The number of hydrogen-bond acceptors (Lipinski definition) is 6. The van der Waals surface area contributed by atoms with Gasteiger partial charge in [-0.1, -0.05) is 188 Å². The maximum absolute atomic E-state index is 5.94. The number of nitrogens with zero attached hydrogens (tertiary/aromatic N) is 2. The summed E-state index contributed by atoms with van der Waals surface area (Å²) in [6.45, 7) is 26.9. The Morgan fingerprint density at radius 3 is 0.776 bits per heavy atom. The molecule has 0 fully saturated rings. The number of fused-ring (bicyclic) bond motifs is 11. The Labute approximate surface area is 466 Å². The van der Waals surface area contributed by atoms with Gasteiger partial charge in [0.1, 0.15) is 11.0 Å². The molecule has 14 rings (SSSR count). The van der Waals surface area contributed by atoms with Crippen molar-refractivity contribution in [1.82, 2.24) is 9.97 Å². The smallest absolute Gasteiger partial charge is 0.239 e. The highest BCUT2D eigenvalue weighted by atomic mass is 32.2. The lowest BCUT2D eigenvalue weighted by atomic mass is 9.36. The third-order valence-corrected chi connectivity index (χ3v) is 21.2. The predicted molar refractivity (Wildman–Crippen MR) is 330 cm³/mol. The first kappa shape index (κ1) is 48.2. The summed E-state index contributed by atoms with van der Waals surface area (Å²) >= 11 is 7.52. The molecule has 0 saturated heterocycles. The van der Waals surface area contributed by atoms with E-state index >= 15 is 0 Å². The molecular weight excluding hydrogens is 995 g/mol. The lowest BCUT2D eigenvalue weighted by Gasteiger charge is -2.36. The second kappa shape index (κ2) is 17.7. The SMILES string of the molecule is Cc1cc(C)c(-c2ccc3c(c2)B2c4cc(-c5c(C)cc(C)cc5C)ccc4Sc4c2c(nc2c5c6c(nc42)Sc2ccc(-c4c(C)cc(C)cc4C)cc2B6c2cc(-c4c(C)cc(C)cc4C)ccc2S5)S3)c(C)c1. The van der Waals surface area contributed by atoms with E-state index in [-0.39, 0.29) is 13.4 Å². The van der Waals surface area contributed by atoms with Crippen LogP contribution >= 0.6 is 47.0 Å². The molecule has 2 nitrogen and oxygen atoms in total. The van der Waals surface area contributed by atoms with Gasteiger partial charge in [0, 0.05) is 29.4 Å². The van der Waals surface area contributed by atoms with Gasteiger partial charge in [-0.15, -0.1) is 0 Å². The van der Waals surface area contributed by atoms with Crippen LogP contribution in [0.1, 0.15) is 66.8 Å². The Morgan fingerprint density at radius 1 is 0.289 bits per heavy atom. The molecule has 0 unspecified atom stereocenters. The fourth-order valence-electron chi connectivity index (χ4n) is 14.1. The molecule has 8 aromatic carbocycles. The molecular formula is C68H56B2N2S4. The second-order valence-corrected chi connectivity index (χ2v) is 26.6. The topological polar surface area (TPSA) is 25.8 Å². The summed E-state index contributed by atoms with van der Waals surface area (Å²) in [6, 6.07) is 47.7. The number of pyridine rings is 2. The van der Waals surface area contributed by atoms with E-state index in [1.807, 2.05) is 47.0 Å². The zero-order valence-electron chi connectivity index (χ0n) is 45.2. The fraction of sp³-hybridized carbons (Fsp3) is 0.176. The van der Waals surface area contributed by atoms with Crippen LogP contribution in [0.3, 0.4) is 0 Å². The monoisotopic (exact) mass is 1050 g/mol. The summed E-state index contributed by atoms with van der Waals surface area (Å²) in [7, 11) is 0. The average Bonchev–Trinajstić information content (AvgIpc) is 3.52. The highest BCUT2D eigenvalue weighted by molar-refractivity contribution is 8.02. The molecule has 0 spiro atoms. The lowest BCUT2D eigenvalue weighted by Crippen LogP contribution is -2.59. The molecule has 4 aliphatic rings. The van der Waals surface area contributed by atoms with Crippen molar-refractivity contribution in [1.29, 1.82) is 0 Å². The highest BCUT2D eigenvalue weighted by Crippen LogP contribution is 2.48. The van der Waals surface area contributed by atoms with Crippen LogP contribution in [0.2, 0.25) is 0 Å². The number of aromatic nitrogens is 2. The van der Waals surface area contributed by atoms with Crippen LogP contribution in [0, 0.1) is 83.1 Å². The summed E-state index contributed by atoms with van der Waals surface area (Å²) in [5, 5.41) is 2.19. The molecule has 0 N–H and O–H groups in total. The van der Waals surface area contributed by atoms with Gasteiger partial charge in [0.2, 0.25) is 13.4 Å². The van der Waals surface area contributed by atoms with Gasteiger partial charge in [-0.05, 0) is 207 Å². The Kier molecular flexibility index (Phi) is 11.2. The minimum atomic E-state index is -0.0191. The van der Waals surface area contributed by atoms with E-state index in [2.05, 4.69) is 204 Å². The van der Waals surface area contributed by atoms with E-state index in [0.717, 1.165) is 21.1 Å². The van der Waals surface area contributed by atoms with Crippen molar-refractivity contribution in [2.45, 2.75) is 123 Å². The van der Waals surface area contributed by atoms with E-state index in [9.17, 15) is 0 Å². The van der Waals surface area contributed by atoms with E-state index in [1.165, 1.54) is 173 Å². The van der Waals surface area contributed by atoms with Crippen molar-refractivity contribution in [2.75, 3.05) is 0 Å². The van der Waals surface area contributed by atoms with Crippen LogP contribution in [-0.2, 0) is 0 Å². The fourth-order valence-corrected chi connectivity index (χ4v) is 18.9. The molecule has 0 radical (unpaired) electrons. The number of aryl methyl sites for hydroxylation is 12. The Balaban J connectivity index is 1.01. The molecule has 0 atom stereocenters. The van der Waals surface area contributed by atoms with Crippen molar-refractivity contribution in [3.8, 4) is 44.5 Å². The quantitative estimate of drug-likeness (QED) is 0.163. The maximum atomic E-state index is 5.94. The van der Waals surface area contributed by atoms with Crippen LogP contribution in [0.5, 0.6) is 0 Å². The van der Waals surface area contributed by atoms with Gasteiger partial charge in [0.25, 0.3) is 0 Å². The molecule has 6 heterocycles. The maximum Gasteiger partial charge on any atom is 0.249 e. The predicted octanol–water partition coefficient (Wildman–Crippen LogP) is 14.9. The number of rotatable bonds is 4. The van der Waals surface area contributed by atoms with Crippen molar-refractivity contribution in [3.05, 3.63) is 188 Å². The van der Waals surface area contributed by atoms with Gasteiger partial charge in [-0.2, -0.15) is 0 Å². The molecule has 2 aromatic heterocycles. The second-order valence-electron chi connectivity index (χ2n) is 22.4. The van der Waals surface area contributed by atoms with Gasteiger partial charge in [0.15, 0.2) is 0 Å². The van der Waals surface area contributed by atoms with Crippen LogP contribution < -0.4 is 32.8 Å². The molecule has 8 heteroatoms. The zero-order valence-corrected chi connectivity index (χ0v) is 48.5. The highest BCUT2D eigenvalue weighted by Gasteiger charge is 2.45. The number of benzene rings is 8. The Morgan fingerprint density at radius 2 is 0.526 bits per heavy atom. The van der Waals surface area contributed by atoms with Crippen LogP contribution in [-0.4, -0.2) is 23.4 Å². The van der Waals surface area contributed by atoms with E-state index < -0.39 is 0 Å². The summed E-state index contributed by atoms with van der Waals surface area (Å²) in [4.78, 5) is 19.5. The van der Waals surface area contributed by atoms with Crippen molar-refractivity contribution in [2.24, 2.45) is 0 Å². The summed E-state index contributed by atoms with van der Waals surface area (Å²) in [6.07, 6.45) is 0. The average molecular weight is 1050 g/mol. The third-order valence-electron chi connectivity index (χ3n) is 16.6. The largest absolute Gasteiger partial charge is 0.249 e. The van der Waals surface area contributed by atoms with Crippen molar-refractivity contribution in [3.63, 3.8) is 0 Å². The minimum Gasteiger partial charge on any atom is -0.239 e. The normalized spacial score (nSPS) is 13.5. The van der Waals surface area contributed by atoms with Gasteiger partial charge < -0.3 is 0 Å². The third kappa shape index (κ3) is 7.44. The Bertz CT molecular complexity index is 3780. The standard InChI is InChI=1S/C68H56B2N2S4/c1-33-21-37(5)57(38(6)22-33)45-13-17-53-49(29-45)69-51-31-47(59-41(9)25-35(3)26-42(59)10)15-19-55(51)75-67-61(69)65(73-53)63-64(71-67)66-62-68(72-63)76-56-20-16-48(60-43(11)27-36(4)28-44(60)12)32-52(56)70(62)50-30-46(14-18-54(50)74-66)58-39(7)23-34(2)24-40(58)8/h13-32H,1-12H3. The number of hydrogen-bond donors (Lipinski definition) is 0. The van der Waals surface area contributed by atoms with E-state index in [0.29, 0.717) is 0 Å². The molecule has 0 bridgehead atoms. The van der Waals surface area contributed by atoms with E-state index in [1.54, 1.807) is 0 Å². The molecule has 0 saturated carbocycles. The Hall–Kier alpha value is -6.15. The van der Waals surface area contributed by atoms with Gasteiger partial charge >= 0.3 is 0 Å². The first-order valence-corrected chi connectivity index (χ1v) is 29.8. The molecule has 368 valence electrons. The van der Waals surface area contributed by atoms with Gasteiger partial charge in [-0.25, -0.2) is 9.97 Å². The molecule has 0 amide bonds. The first-order chi connectivity index (χ1) is 36.6. The van der Waals surface area contributed by atoms with Gasteiger partial charge in [-0.3, -0.25) is 0 Å². The van der Waals surface area contributed by atoms with Crippen LogP contribution in [0.25, 0.3) is 55.5 Å². The summed E-state index contributed by atoms with van der Waals surface area (Å²) < 4.78 is 0. The molecule has 4 aliphatic heterocycles. The molecule has 0 aliphatic carbocycles. The summed E-state index contributed by atoms with van der Waals surface area (Å²) in [5.74, 6) is 0. The van der Waals surface area contributed by atoms with Gasteiger partial charge in [0.05, 0.1) is 10.1 Å². The van der Waals surface area contributed by atoms with Crippen LogP contribution in [0.15, 0.2) is 161 Å².